The Bertz CT molecular complexity index is 902. The van der Waals surface area contributed by atoms with Crippen molar-refractivity contribution < 1.29 is 18.0 Å². The van der Waals surface area contributed by atoms with Crippen LogP contribution >= 0.6 is 8.60 Å². The van der Waals surface area contributed by atoms with Gasteiger partial charge in [0.05, 0.1) is 25.4 Å². The van der Waals surface area contributed by atoms with Gasteiger partial charge in [-0.25, -0.2) is 0 Å². The molecular weight excluding hydrogens is 447 g/mol. The molecular formula is C27H35O4PSi. The average Bonchev–Trinajstić information content (AvgIpc) is 2.98. The summed E-state index contributed by atoms with van der Waals surface area (Å²) in [4.78, 5) is 0. The molecule has 4 rings (SSSR count). The van der Waals surface area contributed by atoms with E-state index in [9.17, 15) is 0 Å². The number of benzene rings is 2. The van der Waals surface area contributed by atoms with E-state index in [4.69, 9.17) is 18.0 Å². The van der Waals surface area contributed by atoms with Gasteiger partial charge < -0.3 is 18.0 Å². The molecule has 0 spiro atoms. The van der Waals surface area contributed by atoms with Crippen LogP contribution in [0.1, 0.15) is 34.1 Å². The minimum atomic E-state index is -2.51. The second-order valence-corrected chi connectivity index (χ2v) is 15.2. The molecule has 0 radical (unpaired) electrons. The maximum absolute atomic E-state index is 6.95. The van der Waals surface area contributed by atoms with E-state index in [2.05, 4.69) is 107 Å². The van der Waals surface area contributed by atoms with E-state index in [1.54, 1.807) is 0 Å². The molecule has 4 nitrogen and oxygen atoms in total. The maximum atomic E-state index is 6.95. The van der Waals surface area contributed by atoms with Crippen LogP contribution < -0.4 is 10.4 Å². The Labute approximate surface area is 200 Å². The third-order valence-corrected chi connectivity index (χ3v) is 12.6. The van der Waals surface area contributed by atoms with Gasteiger partial charge in [-0.05, 0) is 15.4 Å². The van der Waals surface area contributed by atoms with Crippen molar-refractivity contribution in [3.05, 3.63) is 85.0 Å². The zero-order valence-corrected chi connectivity index (χ0v) is 21.9. The molecule has 0 saturated carbocycles. The first-order valence-corrected chi connectivity index (χ1v) is 14.8. The lowest BCUT2D eigenvalue weighted by molar-refractivity contribution is 0.0265. The summed E-state index contributed by atoms with van der Waals surface area (Å²) < 4.78 is 24.5. The van der Waals surface area contributed by atoms with E-state index in [0.717, 1.165) is 6.42 Å². The summed E-state index contributed by atoms with van der Waals surface area (Å²) in [5.74, 6) is 0.249. The Kier molecular flexibility index (Phi) is 8.01. The first kappa shape index (κ1) is 24.5. The number of hydrogen-bond acceptors (Lipinski definition) is 4. The monoisotopic (exact) mass is 482 g/mol. The van der Waals surface area contributed by atoms with Crippen LogP contribution in [0.2, 0.25) is 5.04 Å². The van der Waals surface area contributed by atoms with Crippen molar-refractivity contribution in [2.45, 2.75) is 51.4 Å². The lowest BCUT2D eigenvalue weighted by Gasteiger charge is -2.42. The zero-order valence-electron chi connectivity index (χ0n) is 20.0. The molecule has 2 heterocycles. The first-order chi connectivity index (χ1) is 15.9. The van der Waals surface area contributed by atoms with Crippen molar-refractivity contribution >= 4 is 27.3 Å². The molecule has 0 aromatic heterocycles. The Morgan fingerprint density at radius 1 is 1.03 bits per heavy atom. The fraction of sp³-hybridized carbons (Fsp3) is 0.407. The van der Waals surface area contributed by atoms with E-state index in [-0.39, 0.29) is 23.2 Å². The molecule has 1 fully saturated rings. The molecule has 2 aromatic rings. The molecule has 2 aliphatic heterocycles. The topological polar surface area (TPSA) is 36.9 Å². The molecule has 176 valence electrons. The standard InChI is InChI=1S/C27H35O4PSi/c1-22(26-21-23-14-12-19-28-32(30-23)31-26)13-11-20-29-33(27(2,3)4,24-15-7-5-8-16-24)25-17-9-6-10-18-25/h5-18,22-23,26H,19-21H2,1-4H3/b13-11+/t22-,23+,26-,32?/m1/s1. The van der Waals surface area contributed by atoms with Crippen LogP contribution in [-0.4, -0.2) is 33.7 Å². The lowest BCUT2D eigenvalue weighted by Crippen LogP contribution is -2.66. The third kappa shape index (κ3) is 5.56. The highest BCUT2D eigenvalue weighted by molar-refractivity contribution is 7.41. The average molecular weight is 483 g/mol. The van der Waals surface area contributed by atoms with Crippen molar-refractivity contribution in [3.8, 4) is 0 Å². The van der Waals surface area contributed by atoms with Gasteiger partial charge in [-0.1, -0.05) is 113 Å². The predicted molar refractivity (Wildman–Crippen MR) is 138 cm³/mol. The van der Waals surface area contributed by atoms with Crippen LogP contribution in [0.15, 0.2) is 85.0 Å². The van der Waals surface area contributed by atoms with Gasteiger partial charge in [0, 0.05) is 12.3 Å². The molecule has 0 amide bonds. The zero-order chi connectivity index (χ0) is 23.3. The predicted octanol–water partition coefficient (Wildman–Crippen LogP) is 5.74. The van der Waals surface area contributed by atoms with Crippen LogP contribution in [-0.2, 0) is 18.0 Å². The van der Waals surface area contributed by atoms with Gasteiger partial charge >= 0.3 is 8.60 Å². The van der Waals surface area contributed by atoms with Gasteiger partial charge in [0.2, 0.25) is 0 Å². The van der Waals surface area contributed by atoms with Crippen LogP contribution in [0.4, 0.5) is 0 Å². The maximum Gasteiger partial charge on any atom is 0.333 e. The molecule has 6 heteroatoms. The van der Waals surface area contributed by atoms with E-state index >= 15 is 0 Å². The summed E-state index contributed by atoms with van der Waals surface area (Å²) in [6.07, 6.45) is 9.52. The van der Waals surface area contributed by atoms with Crippen molar-refractivity contribution in [2.75, 3.05) is 13.2 Å². The Hall–Kier alpha value is -1.59. The number of fused-ring (bicyclic) bond motifs is 2. The largest absolute Gasteiger partial charge is 0.404 e. The number of hydrogen-bond donors (Lipinski definition) is 0. The molecule has 2 aromatic carbocycles. The van der Waals surface area contributed by atoms with Crippen molar-refractivity contribution in [1.82, 2.24) is 0 Å². The normalized spacial score (nSPS) is 24.5. The van der Waals surface area contributed by atoms with Gasteiger partial charge in [-0.15, -0.1) is 0 Å². The van der Waals surface area contributed by atoms with Gasteiger partial charge in [-0.2, -0.15) is 0 Å². The Morgan fingerprint density at radius 3 is 2.27 bits per heavy atom. The summed E-state index contributed by atoms with van der Waals surface area (Å²) in [6.45, 7) is 10.2. The highest BCUT2D eigenvalue weighted by Gasteiger charge is 2.49. The molecule has 33 heavy (non-hydrogen) atoms. The van der Waals surface area contributed by atoms with Crippen molar-refractivity contribution in [1.29, 1.82) is 0 Å². The molecule has 1 saturated heterocycles. The molecule has 2 bridgehead atoms. The first-order valence-electron chi connectivity index (χ1n) is 11.7. The van der Waals surface area contributed by atoms with E-state index in [0.29, 0.717) is 13.2 Å². The minimum absolute atomic E-state index is 0.0268. The summed E-state index contributed by atoms with van der Waals surface area (Å²) in [6, 6.07) is 21.5. The van der Waals surface area contributed by atoms with Gasteiger partial charge in [0.1, 0.15) is 0 Å². The molecule has 0 N–H and O–H groups in total. The number of rotatable bonds is 7. The van der Waals surface area contributed by atoms with Gasteiger partial charge in [0.25, 0.3) is 8.32 Å². The summed E-state index contributed by atoms with van der Waals surface area (Å²) in [5.41, 5.74) is 0. The minimum Gasteiger partial charge on any atom is -0.404 e. The van der Waals surface area contributed by atoms with Crippen LogP contribution in [0.25, 0.3) is 0 Å². The van der Waals surface area contributed by atoms with E-state index in [1.807, 2.05) is 6.08 Å². The smallest absolute Gasteiger partial charge is 0.333 e. The van der Waals surface area contributed by atoms with Gasteiger partial charge in [-0.3, -0.25) is 0 Å². The van der Waals surface area contributed by atoms with Crippen LogP contribution in [0, 0.1) is 5.92 Å². The molecule has 1 unspecified atom stereocenters. The highest BCUT2D eigenvalue weighted by Crippen LogP contribution is 2.50. The Balaban J connectivity index is 1.52. The second-order valence-electron chi connectivity index (χ2n) is 9.73. The van der Waals surface area contributed by atoms with Crippen LogP contribution in [0.5, 0.6) is 0 Å². The van der Waals surface area contributed by atoms with Crippen molar-refractivity contribution in [2.24, 2.45) is 5.92 Å². The van der Waals surface area contributed by atoms with E-state index < -0.39 is 16.9 Å². The Morgan fingerprint density at radius 2 is 1.67 bits per heavy atom. The van der Waals surface area contributed by atoms with Crippen molar-refractivity contribution in [3.63, 3.8) is 0 Å². The summed E-state index contributed by atoms with van der Waals surface area (Å²) in [7, 11) is -3.77. The molecule has 0 aliphatic carbocycles. The SMILES string of the molecule is C[C@H](/C=C/CO[Si](c1ccccc1)(c1ccccc1)C(C)(C)C)[C@H]1C[C@@H]2C=CCOP(O2)O1. The second kappa shape index (κ2) is 10.8. The lowest BCUT2D eigenvalue weighted by atomic mass is 9.98. The molecule has 4 atom stereocenters. The summed E-state index contributed by atoms with van der Waals surface area (Å²) >= 11 is 0. The molecule has 2 aliphatic rings. The van der Waals surface area contributed by atoms with Crippen LogP contribution in [0.3, 0.4) is 0 Å². The third-order valence-electron chi connectivity index (χ3n) is 6.37. The van der Waals surface area contributed by atoms with Gasteiger partial charge in [0.15, 0.2) is 0 Å². The summed E-state index contributed by atoms with van der Waals surface area (Å²) in [5, 5.41) is 2.57. The fourth-order valence-electron chi connectivity index (χ4n) is 4.69. The highest BCUT2D eigenvalue weighted by atomic mass is 31.2. The van der Waals surface area contributed by atoms with E-state index in [1.165, 1.54) is 10.4 Å². The quantitative estimate of drug-likeness (QED) is 0.286. The fourth-order valence-corrected chi connectivity index (χ4v) is 10.4.